The molecule has 0 atom stereocenters. The molecule has 0 amide bonds. The van der Waals surface area contributed by atoms with Crippen molar-refractivity contribution < 1.29 is 9.90 Å². The number of rotatable bonds is 3. The molecule has 0 aliphatic heterocycles. The van der Waals surface area contributed by atoms with Crippen molar-refractivity contribution in [2.45, 2.75) is 6.54 Å². The number of aromatic nitrogens is 1. The standard InChI is InChI=1S/C17H12N2O2/c18-10-13-6-1-2-7-14(13)11-19-15-8-4-3-5-12(15)9-16(19)17(20)21/h1-9H,11H2,(H,20,21). The fourth-order valence-corrected chi connectivity index (χ4v) is 2.50. The number of nitriles is 1. The summed E-state index contributed by atoms with van der Waals surface area (Å²) in [5.74, 6) is -0.972. The van der Waals surface area contributed by atoms with E-state index in [4.69, 9.17) is 5.26 Å². The van der Waals surface area contributed by atoms with Gasteiger partial charge in [-0.2, -0.15) is 5.26 Å². The van der Waals surface area contributed by atoms with Crippen LogP contribution in [0.2, 0.25) is 0 Å². The molecular formula is C17H12N2O2. The molecule has 102 valence electrons. The highest BCUT2D eigenvalue weighted by Gasteiger charge is 2.15. The van der Waals surface area contributed by atoms with Crippen LogP contribution in [0.25, 0.3) is 10.9 Å². The van der Waals surface area contributed by atoms with Crippen molar-refractivity contribution in [1.29, 1.82) is 5.26 Å². The third-order valence-electron chi connectivity index (χ3n) is 3.50. The van der Waals surface area contributed by atoms with Crippen LogP contribution in [0, 0.1) is 11.3 Å². The summed E-state index contributed by atoms with van der Waals surface area (Å²) in [6.07, 6.45) is 0. The maximum Gasteiger partial charge on any atom is 0.352 e. The van der Waals surface area contributed by atoms with Crippen molar-refractivity contribution >= 4 is 16.9 Å². The topological polar surface area (TPSA) is 66.0 Å². The Morgan fingerprint density at radius 1 is 1.14 bits per heavy atom. The molecule has 0 aliphatic carbocycles. The predicted molar refractivity (Wildman–Crippen MR) is 79.2 cm³/mol. The third-order valence-corrected chi connectivity index (χ3v) is 3.50. The molecule has 1 aromatic heterocycles. The highest BCUT2D eigenvalue weighted by atomic mass is 16.4. The molecular weight excluding hydrogens is 264 g/mol. The van der Waals surface area contributed by atoms with E-state index in [9.17, 15) is 9.90 Å². The first kappa shape index (κ1) is 12.9. The summed E-state index contributed by atoms with van der Waals surface area (Å²) in [4.78, 5) is 11.5. The largest absolute Gasteiger partial charge is 0.477 e. The summed E-state index contributed by atoms with van der Waals surface area (Å²) >= 11 is 0. The molecule has 4 heteroatoms. The normalized spacial score (nSPS) is 10.4. The van der Waals surface area contributed by atoms with Gasteiger partial charge in [0.2, 0.25) is 0 Å². The number of hydrogen-bond acceptors (Lipinski definition) is 2. The van der Waals surface area contributed by atoms with Crippen LogP contribution in [0.3, 0.4) is 0 Å². The number of carboxylic acid groups (broad SMARTS) is 1. The zero-order valence-corrected chi connectivity index (χ0v) is 11.2. The third kappa shape index (κ3) is 2.26. The molecule has 0 spiro atoms. The Kier molecular flexibility index (Phi) is 3.17. The Hall–Kier alpha value is -3.06. The molecule has 1 N–H and O–H groups in total. The second-order valence-electron chi connectivity index (χ2n) is 4.75. The van der Waals surface area contributed by atoms with Gasteiger partial charge in [0.25, 0.3) is 0 Å². The van der Waals surface area contributed by atoms with Crippen LogP contribution in [-0.4, -0.2) is 15.6 Å². The second kappa shape index (κ2) is 5.14. The average Bonchev–Trinajstić information content (AvgIpc) is 2.87. The molecule has 3 aromatic rings. The van der Waals surface area contributed by atoms with E-state index in [-0.39, 0.29) is 5.69 Å². The Morgan fingerprint density at radius 2 is 1.86 bits per heavy atom. The van der Waals surface area contributed by atoms with E-state index in [1.54, 1.807) is 22.8 Å². The molecule has 0 unspecified atom stereocenters. The molecule has 2 aromatic carbocycles. The molecule has 0 radical (unpaired) electrons. The molecule has 0 saturated carbocycles. The maximum atomic E-state index is 11.5. The molecule has 3 rings (SSSR count). The Bertz CT molecular complexity index is 872. The highest BCUT2D eigenvalue weighted by molar-refractivity contribution is 5.94. The van der Waals surface area contributed by atoms with Crippen LogP contribution in [-0.2, 0) is 6.54 Å². The van der Waals surface area contributed by atoms with E-state index in [1.807, 2.05) is 36.4 Å². The van der Waals surface area contributed by atoms with E-state index < -0.39 is 5.97 Å². The van der Waals surface area contributed by atoms with Gasteiger partial charge in [-0.05, 0) is 23.8 Å². The minimum atomic E-state index is -0.972. The van der Waals surface area contributed by atoms with Crippen molar-refractivity contribution in [3.8, 4) is 6.07 Å². The second-order valence-corrected chi connectivity index (χ2v) is 4.75. The van der Waals surface area contributed by atoms with E-state index in [2.05, 4.69) is 6.07 Å². The molecule has 0 bridgehead atoms. The summed E-state index contributed by atoms with van der Waals surface area (Å²) in [5.41, 5.74) is 2.45. The SMILES string of the molecule is N#Cc1ccccc1Cn1c(C(=O)O)cc2ccccc21. The number of para-hydroxylation sites is 1. The van der Waals surface area contributed by atoms with E-state index in [0.717, 1.165) is 16.5 Å². The summed E-state index contributed by atoms with van der Waals surface area (Å²) in [6.45, 7) is 0.360. The Balaban J connectivity index is 2.18. The smallest absolute Gasteiger partial charge is 0.352 e. The van der Waals surface area contributed by atoms with Crippen LogP contribution in [0.5, 0.6) is 0 Å². The lowest BCUT2D eigenvalue weighted by atomic mass is 10.1. The van der Waals surface area contributed by atoms with Gasteiger partial charge in [-0.1, -0.05) is 36.4 Å². The quantitative estimate of drug-likeness (QED) is 0.798. The molecule has 4 nitrogen and oxygen atoms in total. The number of fused-ring (bicyclic) bond motifs is 1. The Morgan fingerprint density at radius 3 is 2.62 bits per heavy atom. The first-order valence-electron chi connectivity index (χ1n) is 6.50. The van der Waals surface area contributed by atoms with E-state index in [1.165, 1.54) is 0 Å². The molecule has 0 saturated heterocycles. The minimum absolute atomic E-state index is 0.226. The summed E-state index contributed by atoms with van der Waals surface area (Å²) in [5, 5.41) is 19.4. The maximum absolute atomic E-state index is 11.5. The number of carbonyl (C=O) groups is 1. The van der Waals surface area contributed by atoms with Crippen molar-refractivity contribution in [2.24, 2.45) is 0 Å². The van der Waals surface area contributed by atoms with Crippen LogP contribution in [0.1, 0.15) is 21.6 Å². The van der Waals surface area contributed by atoms with Crippen molar-refractivity contribution in [1.82, 2.24) is 4.57 Å². The van der Waals surface area contributed by atoms with Gasteiger partial charge in [-0.25, -0.2) is 4.79 Å². The van der Waals surface area contributed by atoms with Crippen LogP contribution in [0.15, 0.2) is 54.6 Å². The van der Waals surface area contributed by atoms with Crippen molar-refractivity contribution in [3.63, 3.8) is 0 Å². The van der Waals surface area contributed by atoms with E-state index >= 15 is 0 Å². The van der Waals surface area contributed by atoms with Gasteiger partial charge in [0, 0.05) is 17.4 Å². The van der Waals surface area contributed by atoms with E-state index in [0.29, 0.717) is 12.1 Å². The summed E-state index contributed by atoms with van der Waals surface area (Å²) in [6, 6.07) is 18.6. The zero-order chi connectivity index (χ0) is 14.8. The number of nitrogens with zero attached hydrogens (tertiary/aromatic N) is 2. The van der Waals surface area contributed by atoms with Gasteiger partial charge in [-0.3, -0.25) is 0 Å². The molecule has 1 heterocycles. The minimum Gasteiger partial charge on any atom is -0.477 e. The monoisotopic (exact) mass is 276 g/mol. The molecule has 21 heavy (non-hydrogen) atoms. The average molecular weight is 276 g/mol. The zero-order valence-electron chi connectivity index (χ0n) is 11.2. The predicted octanol–water partition coefficient (Wildman–Crippen LogP) is 3.26. The van der Waals surface area contributed by atoms with Crippen LogP contribution >= 0.6 is 0 Å². The summed E-state index contributed by atoms with van der Waals surface area (Å²) in [7, 11) is 0. The lowest BCUT2D eigenvalue weighted by Crippen LogP contribution is -2.10. The lowest BCUT2D eigenvalue weighted by Gasteiger charge is -2.09. The fraction of sp³-hybridized carbons (Fsp3) is 0.0588. The van der Waals surface area contributed by atoms with Gasteiger partial charge < -0.3 is 9.67 Å². The molecule has 0 fully saturated rings. The van der Waals surface area contributed by atoms with Gasteiger partial charge in [0.15, 0.2) is 0 Å². The number of benzene rings is 2. The first-order chi connectivity index (χ1) is 10.2. The van der Waals surface area contributed by atoms with Gasteiger partial charge in [-0.15, -0.1) is 0 Å². The fourth-order valence-electron chi connectivity index (χ4n) is 2.50. The van der Waals surface area contributed by atoms with Crippen LogP contribution < -0.4 is 0 Å². The number of hydrogen-bond donors (Lipinski definition) is 1. The summed E-state index contributed by atoms with van der Waals surface area (Å²) < 4.78 is 1.73. The van der Waals surface area contributed by atoms with Gasteiger partial charge in [0.1, 0.15) is 5.69 Å². The van der Waals surface area contributed by atoms with Crippen molar-refractivity contribution in [2.75, 3.05) is 0 Å². The lowest BCUT2D eigenvalue weighted by molar-refractivity contribution is 0.0686. The first-order valence-corrected chi connectivity index (χ1v) is 6.50. The van der Waals surface area contributed by atoms with Gasteiger partial charge >= 0.3 is 5.97 Å². The Labute approximate surface area is 121 Å². The number of aromatic carboxylic acids is 1. The highest BCUT2D eigenvalue weighted by Crippen LogP contribution is 2.22. The number of carboxylic acids is 1. The molecule has 0 aliphatic rings. The van der Waals surface area contributed by atoms with Crippen molar-refractivity contribution in [3.05, 3.63) is 71.4 Å². The van der Waals surface area contributed by atoms with Gasteiger partial charge in [0.05, 0.1) is 11.6 Å². The van der Waals surface area contributed by atoms with Crippen LogP contribution in [0.4, 0.5) is 0 Å².